The van der Waals surface area contributed by atoms with Crippen molar-refractivity contribution in [3.8, 4) is 0 Å². The summed E-state index contributed by atoms with van der Waals surface area (Å²) in [6, 6.07) is 0.0222. The molecule has 2 atom stereocenters. The van der Waals surface area contributed by atoms with E-state index in [-0.39, 0.29) is 18.1 Å². The van der Waals surface area contributed by atoms with Gasteiger partial charge in [-0.25, -0.2) is 0 Å². The van der Waals surface area contributed by atoms with E-state index < -0.39 is 10.2 Å². The van der Waals surface area contributed by atoms with Gasteiger partial charge < -0.3 is 5.73 Å². The zero-order valence-corrected chi connectivity index (χ0v) is 13.6. The van der Waals surface area contributed by atoms with Crippen molar-refractivity contribution in [1.29, 1.82) is 0 Å². The van der Waals surface area contributed by atoms with E-state index in [0.717, 1.165) is 44.9 Å². The summed E-state index contributed by atoms with van der Waals surface area (Å²) in [6.45, 7) is 2.53. The van der Waals surface area contributed by atoms with E-state index in [0.29, 0.717) is 6.54 Å². The van der Waals surface area contributed by atoms with Gasteiger partial charge in [0.1, 0.15) is 0 Å². The van der Waals surface area contributed by atoms with Crippen LogP contribution in [0.5, 0.6) is 0 Å². The molecule has 0 aromatic heterocycles. The lowest BCUT2D eigenvalue weighted by atomic mass is 9.96. The molecule has 2 fully saturated rings. The first kappa shape index (κ1) is 16.2. The Morgan fingerprint density at radius 2 is 1.70 bits per heavy atom. The molecule has 1 saturated carbocycles. The predicted octanol–water partition coefficient (Wildman–Crippen LogP) is 1.70. The Morgan fingerprint density at radius 1 is 1.10 bits per heavy atom. The molecule has 0 radical (unpaired) electrons. The number of nitrogens with two attached hydrogens (primary N) is 1. The fourth-order valence-corrected chi connectivity index (χ4v) is 5.46. The zero-order chi connectivity index (χ0) is 14.8. The molecule has 0 bridgehead atoms. The molecule has 1 saturated heterocycles. The summed E-state index contributed by atoms with van der Waals surface area (Å²) in [5, 5.41) is 0. The monoisotopic (exact) mass is 303 g/mol. The second kappa shape index (κ2) is 6.73. The highest BCUT2D eigenvalue weighted by atomic mass is 32.2. The van der Waals surface area contributed by atoms with E-state index in [1.807, 2.05) is 6.92 Å². The first-order chi connectivity index (χ1) is 9.44. The lowest BCUT2D eigenvalue weighted by Crippen LogP contribution is -2.56. The molecule has 1 aliphatic heterocycles. The van der Waals surface area contributed by atoms with Gasteiger partial charge in [-0.2, -0.15) is 17.0 Å². The van der Waals surface area contributed by atoms with Crippen molar-refractivity contribution >= 4 is 10.2 Å². The van der Waals surface area contributed by atoms with E-state index in [1.54, 1.807) is 15.7 Å². The molecule has 1 aliphatic carbocycles. The molecule has 0 aromatic rings. The quantitative estimate of drug-likeness (QED) is 0.859. The Kier molecular flexibility index (Phi) is 5.45. The minimum Gasteiger partial charge on any atom is -0.326 e. The van der Waals surface area contributed by atoms with Crippen LogP contribution in [0.2, 0.25) is 0 Å². The van der Waals surface area contributed by atoms with Crippen LogP contribution >= 0.6 is 0 Å². The summed E-state index contributed by atoms with van der Waals surface area (Å²) < 4.78 is 29.1. The van der Waals surface area contributed by atoms with E-state index in [9.17, 15) is 8.42 Å². The van der Waals surface area contributed by atoms with Crippen molar-refractivity contribution in [2.75, 3.05) is 13.6 Å². The number of rotatable bonds is 4. The van der Waals surface area contributed by atoms with Crippen molar-refractivity contribution in [3.05, 3.63) is 0 Å². The van der Waals surface area contributed by atoms with Crippen molar-refractivity contribution in [3.63, 3.8) is 0 Å². The summed E-state index contributed by atoms with van der Waals surface area (Å²) in [5.41, 5.74) is 6.01. The Balaban J connectivity index is 2.14. The highest BCUT2D eigenvalue weighted by Gasteiger charge is 2.39. The highest BCUT2D eigenvalue weighted by Crippen LogP contribution is 2.28. The lowest BCUT2D eigenvalue weighted by molar-refractivity contribution is 0.197. The fraction of sp³-hybridized carbons (Fsp3) is 1.00. The van der Waals surface area contributed by atoms with E-state index in [1.165, 1.54) is 6.42 Å². The van der Waals surface area contributed by atoms with Gasteiger partial charge in [-0.1, -0.05) is 25.7 Å². The third kappa shape index (κ3) is 3.35. The predicted molar refractivity (Wildman–Crippen MR) is 81.6 cm³/mol. The third-order valence-corrected chi connectivity index (χ3v) is 6.93. The molecular weight excluding hydrogens is 274 g/mol. The molecular formula is C14H29N3O2S. The maximum absolute atomic E-state index is 12.9. The molecule has 0 amide bonds. The Morgan fingerprint density at radius 3 is 2.30 bits per heavy atom. The van der Waals surface area contributed by atoms with E-state index in [4.69, 9.17) is 5.73 Å². The van der Waals surface area contributed by atoms with E-state index in [2.05, 4.69) is 0 Å². The van der Waals surface area contributed by atoms with Crippen LogP contribution in [0.3, 0.4) is 0 Å². The standard InChI is InChI=1S/C14H29N3O2S/c1-12(15)14-10-6-7-11-17(14)20(18,19)16(2)13-8-4-3-5-9-13/h12-14H,3-11,15H2,1-2H3. The Hall–Kier alpha value is -0.170. The van der Waals surface area contributed by atoms with Crippen LogP contribution in [-0.2, 0) is 10.2 Å². The second-order valence-corrected chi connectivity index (χ2v) is 8.29. The molecule has 0 spiro atoms. The number of hydrogen-bond acceptors (Lipinski definition) is 3. The van der Waals surface area contributed by atoms with Gasteiger partial charge in [0, 0.05) is 31.7 Å². The van der Waals surface area contributed by atoms with Crippen molar-refractivity contribution in [1.82, 2.24) is 8.61 Å². The molecule has 6 heteroatoms. The van der Waals surface area contributed by atoms with Gasteiger partial charge in [0.25, 0.3) is 10.2 Å². The van der Waals surface area contributed by atoms with Crippen molar-refractivity contribution < 1.29 is 8.42 Å². The van der Waals surface area contributed by atoms with Crippen LogP contribution in [0.25, 0.3) is 0 Å². The van der Waals surface area contributed by atoms with Crippen LogP contribution in [0.4, 0.5) is 0 Å². The minimum atomic E-state index is -3.37. The maximum Gasteiger partial charge on any atom is 0.282 e. The lowest BCUT2D eigenvalue weighted by Gasteiger charge is -2.41. The molecule has 20 heavy (non-hydrogen) atoms. The Labute approximate surface area is 123 Å². The van der Waals surface area contributed by atoms with Gasteiger partial charge in [-0.05, 0) is 32.6 Å². The van der Waals surface area contributed by atoms with Gasteiger partial charge in [-0.3, -0.25) is 0 Å². The van der Waals surface area contributed by atoms with E-state index >= 15 is 0 Å². The van der Waals surface area contributed by atoms with Gasteiger partial charge >= 0.3 is 0 Å². The molecule has 2 aliphatic rings. The average molecular weight is 303 g/mol. The van der Waals surface area contributed by atoms with Crippen LogP contribution in [0.15, 0.2) is 0 Å². The first-order valence-corrected chi connectivity index (χ1v) is 9.34. The van der Waals surface area contributed by atoms with Gasteiger partial charge in [-0.15, -0.1) is 0 Å². The minimum absolute atomic E-state index is 0.0419. The molecule has 0 aromatic carbocycles. The summed E-state index contributed by atoms with van der Waals surface area (Å²) in [4.78, 5) is 0. The van der Waals surface area contributed by atoms with Crippen LogP contribution < -0.4 is 5.73 Å². The third-order valence-electron chi connectivity index (χ3n) is 4.85. The number of nitrogens with zero attached hydrogens (tertiary/aromatic N) is 2. The SMILES string of the molecule is CC(N)C1CCCCN1S(=O)(=O)N(C)C1CCCCC1. The summed E-state index contributed by atoms with van der Waals surface area (Å²) in [6.07, 6.45) is 8.40. The largest absolute Gasteiger partial charge is 0.326 e. The molecule has 5 nitrogen and oxygen atoms in total. The topological polar surface area (TPSA) is 66.6 Å². The fourth-order valence-electron chi connectivity index (χ4n) is 3.54. The smallest absolute Gasteiger partial charge is 0.282 e. The summed E-state index contributed by atoms with van der Waals surface area (Å²) in [7, 11) is -1.62. The maximum atomic E-state index is 12.9. The summed E-state index contributed by atoms with van der Waals surface area (Å²) >= 11 is 0. The number of piperidine rings is 1. The van der Waals surface area contributed by atoms with Gasteiger partial charge in [0.2, 0.25) is 0 Å². The summed E-state index contributed by atoms with van der Waals surface area (Å²) in [5.74, 6) is 0. The molecule has 118 valence electrons. The zero-order valence-electron chi connectivity index (χ0n) is 12.8. The Bertz CT molecular complexity index is 405. The van der Waals surface area contributed by atoms with Gasteiger partial charge in [0.15, 0.2) is 0 Å². The number of hydrogen-bond donors (Lipinski definition) is 1. The van der Waals surface area contributed by atoms with Crippen molar-refractivity contribution in [2.24, 2.45) is 5.73 Å². The van der Waals surface area contributed by atoms with Crippen LogP contribution in [0.1, 0.15) is 58.3 Å². The molecule has 1 heterocycles. The van der Waals surface area contributed by atoms with Crippen LogP contribution in [0, 0.1) is 0 Å². The molecule has 2 N–H and O–H groups in total. The van der Waals surface area contributed by atoms with Crippen molar-refractivity contribution in [2.45, 2.75) is 76.4 Å². The molecule has 2 unspecified atom stereocenters. The second-order valence-electron chi connectivity index (χ2n) is 6.35. The van der Waals surface area contributed by atoms with Crippen LogP contribution in [-0.4, -0.2) is 48.7 Å². The highest BCUT2D eigenvalue weighted by molar-refractivity contribution is 7.86. The average Bonchev–Trinajstić information content (AvgIpc) is 2.47. The van der Waals surface area contributed by atoms with Gasteiger partial charge in [0.05, 0.1) is 0 Å². The molecule has 2 rings (SSSR count). The normalized spacial score (nSPS) is 28.7. The first-order valence-electron chi connectivity index (χ1n) is 7.95.